The molecule has 2 aliphatic carbocycles. The third-order valence-electron chi connectivity index (χ3n) is 4.95. The second-order valence-corrected chi connectivity index (χ2v) is 6.51. The number of hydrogen-bond acceptors (Lipinski definition) is 2. The molecule has 2 aromatic rings. The van der Waals surface area contributed by atoms with Crippen molar-refractivity contribution >= 4 is 23.7 Å². The third-order valence-corrected chi connectivity index (χ3v) is 4.95. The highest BCUT2D eigenvalue weighted by molar-refractivity contribution is 6.14. The number of ketones is 2. The number of rotatable bonds is 2. The van der Waals surface area contributed by atoms with Crippen LogP contribution in [0.2, 0.25) is 0 Å². The molecule has 2 aliphatic rings. The van der Waals surface area contributed by atoms with E-state index in [2.05, 4.69) is 0 Å². The van der Waals surface area contributed by atoms with Crippen LogP contribution in [-0.2, 0) is 9.59 Å². The van der Waals surface area contributed by atoms with Crippen molar-refractivity contribution in [1.82, 2.24) is 0 Å². The Balaban J connectivity index is 1.58. The first kappa shape index (κ1) is 14.8. The Hall–Kier alpha value is -2.74. The molecule has 0 saturated heterocycles. The molecule has 2 nitrogen and oxygen atoms in total. The standard InChI is InChI=1S/C22H18O2/c23-21-17(11-15-7-3-1-4-8-15)13-19-20(21)14-18(22(19)24)12-16-9-5-2-6-10-16/h1-12,19-20H,13-14H2/b17-11+,18-12+. The van der Waals surface area contributed by atoms with E-state index in [1.165, 1.54) is 0 Å². The lowest BCUT2D eigenvalue weighted by Gasteiger charge is -2.02. The van der Waals surface area contributed by atoms with Gasteiger partial charge in [-0.3, -0.25) is 9.59 Å². The Morgan fingerprint density at radius 3 is 1.38 bits per heavy atom. The summed E-state index contributed by atoms with van der Waals surface area (Å²) >= 11 is 0. The van der Waals surface area contributed by atoms with Crippen LogP contribution in [0.4, 0.5) is 0 Å². The molecule has 0 amide bonds. The Morgan fingerprint density at radius 1 is 0.625 bits per heavy atom. The number of carbonyl (C=O) groups excluding carboxylic acids is 2. The van der Waals surface area contributed by atoms with Crippen LogP contribution in [0.15, 0.2) is 71.8 Å². The quantitative estimate of drug-likeness (QED) is 0.773. The molecule has 0 spiro atoms. The van der Waals surface area contributed by atoms with E-state index in [9.17, 15) is 9.59 Å². The molecule has 0 radical (unpaired) electrons. The molecule has 2 fully saturated rings. The highest BCUT2D eigenvalue weighted by Crippen LogP contribution is 2.45. The van der Waals surface area contributed by atoms with E-state index in [1.807, 2.05) is 72.8 Å². The van der Waals surface area contributed by atoms with Crippen LogP contribution in [0.25, 0.3) is 12.2 Å². The zero-order valence-electron chi connectivity index (χ0n) is 13.3. The van der Waals surface area contributed by atoms with Crippen LogP contribution < -0.4 is 0 Å². The summed E-state index contributed by atoms with van der Waals surface area (Å²) in [6.45, 7) is 0. The smallest absolute Gasteiger partial charge is 0.163 e. The van der Waals surface area contributed by atoms with Gasteiger partial charge in [-0.05, 0) is 47.3 Å². The van der Waals surface area contributed by atoms with Crippen LogP contribution >= 0.6 is 0 Å². The average molecular weight is 314 g/mol. The maximum Gasteiger partial charge on any atom is 0.163 e. The van der Waals surface area contributed by atoms with E-state index in [4.69, 9.17) is 0 Å². The molecular formula is C22H18O2. The second kappa shape index (κ2) is 6.04. The number of allylic oxidation sites excluding steroid dienone is 2. The van der Waals surface area contributed by atoms with Gasteiger partial charge in [0.25, 0.3) is 0 Å². The van der Waals surface area contributed by atoms with Gasteiger partial charge in [-0.1, -0.05) is 60.7 Å². The molecule has 0 aliphatic heterocycles. The molecule has 2 unspecified atom stereocenters. The summed E-state index contributed by atoms with van der Waals surface area (Å²) < 4.78 is 0. The molecule has 0 bridgehead atoms. The summed E-state index contributed by atoms with van der Waals surface area (Å²) in [6, 6.07) is 19.7. The predicted molar refractivity (Wildman–Crippen MR) is 95.1 cm³/mol. The fourth-order valence-corrected chi connectivity index (χ4v) is 3.75. The highest BCUT2D eigenvalue weighted by atomic mass is 16.1. The first-order chi connectivity index (χ1) is 11.7. The maximum absolute atomic E-state index is 12.7. The molecule has 2 heteroatoms. The Bertz CT molecular complexity index is 771. The van der Waals surface area contributed by atoms with Crippen molar-refractivity contribution in [1.29, 1.82) is 0 Å². The molecule has 24 heavy (non-hydrogen) atoms. The van der Waals surface area contributed by atoms with Crippen molar-refractivity contribution in [3.8, 4) is 0 Å². The zero-order chi connectivity index (χ0) is 16.5. The van der Waals surface area contributed by atoms with E-state index in [0.717, 1.165) is 22.3 Å². The molecule has 2 atom stereocenters. The lowest BCUT2D eigenvalue weighted by molar-refractivity contribution is -0.122. The first-order valence-electron chi connectivity index (χ1n) is 8.32. The van der Waals surface area contributed by atoms with Gasteiger partial charge < -0.3 is 0 Å². The van der Waals surface area contributed by atoms with Crippen LogP contribution in [0.3, 0.4) is 0 Å². The average Bonchev–Trinajstić information content (AvgIpc) is 3.08. The fourth-order valence-electron chi connectivity index (χ4n) is 3.75. The maximum atomic E-state index is 12.7. The Labute approximate surface area is 141 Å². The molecule has 0 aromatic heterocycles. The topological polar surface area (TPSA) is 34.1 Å². The van der Waals surface area contributed by atoms with Gasteiger partial charge in [0.1, 0.15) is 0 Å². The molecule has 0 N–H and O–H groups in total. The minimum absolute atomic E-state index is 0.147. The lowest BCUT2D eigenvalue weighted by Crippen LogP contribution is -2.11. The first-order valence-corrected chi connectivity index (χ1v) is 8.32. The highest BCUT2D eigenvalue weighted by Gasteiger charge is 2.48. The van der Waals surface area contributed by atoms with E-state index < -0.39 is 0 Å². The van der Waals surface area contributed by atoms with Gasteiger partial charge in [-0.25, -0.2) is 0 Å². The van der Waals surface area contributed by atoms with Gasteiger partial charge in [0, 0.05) is 11.8 Å². The molecule has 0 heterocycles. The largest absolute Gasteiger partial charge is 0.294 e. The van der Waals surface area contributed by atoms with Crippen molar-refractivity contribution in [3.05, 3.63) is 82.9 Å². The van der Waals surface area contributed by atoms with Crippen molar-refractivity contribution < 1.29 is 9.59 Å². The van der Waals surface area contributed by atoms with Crippen molar-refractivity contribution in [2.24, 2.45) is 11.8 Å². The van der Waals surface area contributed by atoms with Gasteiger partial charge >= 0.3 is 0 Å². The number of hydrogen-bond donors (Lipinski definition) is 0. The van der Waals surface area contributed by atoms with Crippen LogP contribution in [0, 0.1) is 11.8 Å². The summed E-state index contributed by atoms with van der Waals surface area (Å²) in [7, 11) is 0. The van der Waals surface area contributed by atoms with Crippen LogP contribution in [0.5, 0.6) is 0 Å². The summed E-state index contributed by atoms with van der Waals surface area (Å²) in [6.07, 6.45) is 5.02. The number of Topliss-reactive ketones (excluding diaryl/α,β-unsaturated/α-hetero) is 2. The molecule has 118 valence electrons. The van der Waals surface area contributed by atoms with Gasteiger partial charge in [-0.15, -0.1) is 0 Å². The Morgan fingerprint density at radius 2 is 1.00 bits per heavy atom. The van der Waals surface area contributed by atoms with E-state index in [1.54, 1.807) is 0 Å². The van der Waals surface area contributed by atoms with E-state index in [0.29, 0.717) is 12.8 Å². The fraction of sp³-hybridized carbons (Fsp3) is 0.182. The number of fused-ring (bicyclic) bond motifs is 1. The molecule has 2 aromatic carbocycles. The molecule has 4 rings (SSSR count). The normalized spacial score (nSPS) is 26.3. The zero-order valence-corrected chi connectivity index (χ0v) is 13.3. The van der Waals surface area contributed by atoms with Gasteiger partial charge in [0.2, 0.25) is 0 Å². The number of carbonyl (C=O) groups is 2. The van der Waals surface area contributed by atoms with Gasteiger partial charge in [-0.2, -0.15) is 0 Å². The second-order valence-electron chi connectivity index (χ2n) is 6.51. The SMILES string of the molecule is O=C1/C(=C/c2ccccc2)CC2C(=O)/C(=C/c3ccccc3)CC12. The third kappa shape index (κ3) is 2.65. The number of benzene rings is 2. The monoisotopic (exact) mass is 314 g/mol. The van der Waals surface area contributed by atoms with Crippen molar-refractivity contribution in [2.45, 2.75) is 12.8 Å². The van der Waals surface area contributed by atoms with Gasteiger partial charge in [0.05, 0.1) is 0 Å². The lowest BCUT2D eigenvalue weighted by atomic mass is 10.00. The van der Waals surface area contributed by atoms with E-state index in [-0.39, 0.29) is 23.4 Å². The van der Waals surface area contributed by atoms with E-state index >= 15 is 0 Å². The molecule has 2 saturated carbocycles. The van der Waals surface area contributed by atoms with Crippen molar-refractivity contribution in [2.75, 3.05) is 0 Å². The van der Waals surface area contributed by atoms with Crippen LogP contribution in [-0.4, -0.2) is 11.6 Å². The minimum atomic E-state index is -0.164. The molecular weight excluding hydrogens is 296 g/mol. The summed E-state index contributed by atoms with van der Waals surface area (Å²) in [5, 5.41) is 0. The van der Waals surface area contributed by atoms with Crippen molar-refractivity contribution in [3.63, 3.8) is 0 Å². The summed E-state index contributed by atoms with van der Waals surface area (Å²) in [5.41, 5.74) is 3.63. The minimum Gasteiger partial charge on any atom is -0.294 e. The summed E-state index contributed by atoms with van der Waals surface area (Å²) in [4.78, 5) is 25.4. The van der Waals surface area contributed by atoms with Gasteiger partial charge in [0.15, 0.2) is 11.6 Å². The van der Waals surface area contributed by atoms with Crippen LogP contribution in [0.1, 0.15) is 24.0 Å². The Kier molecular flexibility index (Phi) is 3.73. The summed E-state index contributed by atoms with van der Waals surface area (Å²) in [5.74, 6) is -0.0350. The predicted octanol–water partition coefficient (Wildman–Crippen LogP) is 4.33.